The van der Waals surface area contributed by atoms with Gasteiger partial charge >= 0.3 is 5.69 Å². The smallest absolute Gasteiger partial charge is 0.329 e. The number of piperidine rings is 2. The summed E-state index contributed by atoms with van der Waals surface area (Å²) in [4.78, 5) is 41.8. The van der Waals surface area contributed by atoms with E-state index in [1.165, 1.54) is 6.42 Å². The zero-order valence-electron chi connectivity index (χ0n) is 16.5. The Labute approximate surface area is 164 Å². The lowest BCUT2D eigenvalue weighted by molar-refractivity contribution is -0.141. The van der Waals surface area contributed by atoms with E-state index in [-0.39, 0.29) is 30.0 Å². The predicted octanol–water partition coefficient (Wildman–Crippen LogP) is 1.59. The standard InChI is InChI=1S/C21H28N4O3/c1-22-17-7-3-4-8-18(17)25(21(22)28)15-19(26)23-13-9-16(10-14-23)20(27)24-11-5-2-6-12-24/h3-4,7-8,16H,2,5-6,9-15H2,1H3. The maximum atomic E-state index is 12.8. The van der Waals surface area contributed by atoms with Gasteiger partial charge in [-0.25, -0.2) is 4.79 Å². The van der Waals surface area contributed by atoms with Crippen LogP contribution in [-0.2, 0) is 23.2 Å². The summed E-state index contributed by atoms with van der Waals surface area (Å²) in [7, 11) is 1.73. The molecule has 0 aliphatic carbocycles. The highest BCUT2D eigenvalue weighted by atomic mass is 16.2. The Morgan fingerprint density at radius 2 is 1.57 bits per heavy atom. The fraction of sp³-hybridized carbons (Fsp3) is 0.571. The molecule has 150 valence electrons. The first-order valence-electron chi connectivity index (χ1n) is 10.3. The Kier molecular flexibility index (Phi) is 5.24. The van der Waals surface area contributed by atoms with Crippen molar-refractivity contribution in [2.24, 2.45) is 13.0 Å². The van der Waals surface area contributed by atoms with Gasteiger partial charge in [0.15, 0.2) is 0 Å². The fourth-order valence-corrected chi connectivity index (χ4v) is 4.50. The second-order valence-electron chi connectivity index (χ2n) is 7.96. The van der Waals surface area contributed by atoms with Crippen molar-refractivity contribution in [1.82, 2.24) is 18.9 Å². The molecule has 1 aromatic heterocycles. The monoisotopic (exact) mass is 384 g/mol. The molecule has 2 saturated heterocycles. The Hall–Kier alpha value is -2.57. The van der Waals surface area contributed by atoms with Crippen molar-refractivity contribution < 1.29 is 9.59 Å². The van der Waals surface area contributed by atoms with E-state index < -0.39 is 0 Å². The molecule has 0 unspecified atom stereocenters. The van der Waals surface area contributed by atoms with Crippen molar-refractivity contribution in [3.05, 3.63) is 34.7 Å². The molecule has 0 radical (unpaired) electrons. The van der Waals surface area contributed by atoms with Crippen LogP contribution < -0.4 is 5.69 Å². The molecule has 2 aromatic rings. The summed E-state index contributed by atoms with van der Waals surface area (Å²) in [6, 6.07) is 7.52. The van der Waals surface area contributed by atoms with E-state index in [2.05, 4.69) is 0 Å². The molecule has 3 heterocycles. The van der Waals surface area contributed by atoms with E-state index in [9.17, 15) is 14.4 Å². The number of likely N-dealkylation sites (tertiary alicyclic amines) is 2. The minimum absolute atomic E-state index is 0.0300. The molecular weight excluding hydrogens is 356 g/mol. The number of aryl methyl sites for hydroxylation is 1. The number of aromatic nitrogens is 2. The van der Waals surface area contributed by atoms with Crippen molar-refractivity contribution in [2.75, 3.05) is 26.2 Å². The second-order valence-corrected chi connectivity index (χ2v) is 7.96. The van der Waals surface area contributed by atoms with Crippen LogP contribution in [0.4, 0.5) is 0 Å². The molecule has 28 heavy (non-hydrogen) atoms. The molecule has 4 rings (SSSR count). The maximum absolute atomic E-state index is 12.8. The summed E-state index contributed by atoms with van der Waals surface area (Å²) in [6.45, 7) is 2.97. The van der Waals surface area contributed by atoms with Crippen LogP contribution in [0.2, 0.25) is 0 Å². The third kappa shape index (κ3) is 3.45. The van der Waals surface area contributed by atoms with Gasteiger partial charge < -0.3 is 9.80 Å². The fourth-order valence-electron chi connectivity index (χ4n) is 4.50. The van der Waals surface area contributed by atoms with Crippen LogP contribution in [0.1, 0.15) is 32.1 Å². The molecule has 0 N–H and O–H groups in total. The topological polar surface area (TPSA) is 67.5 Å². The van der Waals surface area contributed by atoms with Crippen LogP contribution in [0.15, 0.2) is 29.1 Å². The zero-order chi connectivity index (χ0) is 19.7. The van der Waals surface area contributed by atoms with Gasteiger partial charge in [-0.3, -0.25) is 18.7 Å². The molecule has 2 aliphatic rings. The van der Waals surface area contributed by atoms with E-state index >= 15 is 0 Å². The van der Waals surface area contributed by atoms with Crippen LogP contribution in [0.25, 0.3) is 11.0 Å². The van der Waals surface area contributed by atoms with Gasteiger partial charge in [0.25, 0.3) is 0 Å². The van der Waals surface area contributed by atoms with E-state index in [0.717, 1.165) is 37.0 Å². The first kappa shape index (κ1) is 18.8. The lowest BCUT2D eigenvalue weighted by atomic mass is 9.94. The summed E-state index contributed by atoms with van der Waals surface area (Å²) >= 11 is 0. The minimum atomic E-state index is -0.176. The molecule has 7 heteroatoms. The average molecular weight is 384 g/mol. The summed E-state index contributed by atoms with van der Waals surface area (Å²) < 4.78 is 3.12. The van der Waals surface area contributed by atoms with Crippen LogP contribution in [0.3, 0.4) is 0 Å². The van der Waals surface area contributed by atoms with E-state index in [4.69, 9.17) is 0 Å². The van der Waals surface area contributed by atoms with Gasteiger partial charge in [-0.05, 0) is 44.2 Å². The lowest BCUT2D eigenvalue weighted by Crippen LogP contribution is -2.46. The summed E-state index contributed by atoms with van der Waals surface area (Å²) in [6.07, 6.45) is 4.84. The van der Waals surface area contributed by atoms with Crippen LogP contribution in [0.5, 0.6) is 0 Å². The number of hydrogen-bond donors (Lipinski definition) is 0. The number of benzene rings is 1. The molecule has 0 bridgehead atoms. The SMILES string of the molecule is Cn1c(=O)n(CC(=O)N2CCC(C(=O)N3CCCCC3)CC2)c2ccccc21. The predicted molar refractivity (Wildman–Crippen MR) is 107 cm³/mol. The second kappa shape index (κ2) is 7.81. The molecular formula is C21H28N4O3. The molecule has 0 atom stereocenters. The van der Waals surface area contributed by atoms with Gasteiger partial charge in [-0.15, -0.1) is 0 Å². The summed E-state index contributed by atoms with van der Waals surface area (Å²) in [5.41, 5.74) is 1.43. The molecule has 2 fully saturated rings. The highest BCUT2D eigenvalue weighted by molar-refractivity contribution is 5.82. The van der Waals surface area contributed by atoms with E-state index in [1.807, 2.05) is 29.2 Å². The lowest BCUT2D eigenvalue weighted by Gasteiger charge is -2.35. The van der Waals surface area contributed by atoms with Gasteiger partial charge in [-0.1, -0.05) is 12.1 Å². The van der Waals surface area contributed by atoms with Crippen molar-refractivity contribution >= 4 is 22.8 Å². The average Bonchev–Trinajstić information content (AvgIpc) is 2.99. The quantitative estimate of drug-likeness (QED) is 0.807. The van der Waals surface area contributed by atoms with Crippen molar-refractivity contribution in [1.29, 1.82) is 0 Å². The number of para-hydroxylation sites is 2. The minimum Gasteiger partial charge on any atom is -0.342 e. The van der Waals surface area contributed by atoms with Gasteiger partial charge in [0.1, 0.15) is 6.54 Å². The Morgan fingerprint density at radius 1 is 0.929 bits per heavy atom. The van der Waals surface area contributed by atoms with Gasteiger partial charge in [0.2, 0.25) is 11.8 Å². The molecule has 0 saturated carbocycles. The highest BCUT2D eigenvalue weighted by Crippen LogP contribution is 2.22. The number of amides is 2. The van der Waals surface area contributed by atoms with Crippen LogP contribution >= 0.6 is 0 Å². The number of imidazole rings is 1. The molecule has 0 spiro atoms. The van der Waals surface area contributed by atoms with Crippen molar-refractivity contribution in [3.8, 4) is 0 Å². The molecule has 2 aliphatic heterocycles. The van der Waals surface area contributed by atoms with Gasteiger partial charge in [0.05, 0.1) is 11.0 Å². The number of rotatable bonds is 3. The molecule has 2 amide bonds. The molecule has 1 aromatic carbocycles. The van der Waals surface area contributed by atoms with E-state index in [1.54, 1.807) is 21.1 Å². The zero-order valence-corrected chi connectivity index (χ0v) is 16.5. The number of carbonyl (C=O) groups excluding carboxylic acids is 2. The van der Waals surface area contributed by atoms with Gasteiger partial charge in [0, 0.05) is 39.1 Å². The summed E-state index contributed by atoms with van der Waals surface area (Å²) in [5, 5.41) is 0. The van der Waals surface area contributed by atoms with Crippen LogP contribution in [0, 0.1) is 5.92 Å². The number of carbonyl (C=O) groups is 2. The first-order valence-corrected chi connectivity index (χ1v) is 10.3. The number of fused-ring (bicyclic) bond motifs is 1. The summed E-state index contributed by atoms with van der Waals surface area (Å²) in [5.74, 6) is 0.238. The Balaban J connectivity index is 1.39. The largest absolute Gasteiger partial charge is 0.342 e. The van der Waals surface area contributed by atoms with Crippen molar-refractivity contribution in [3.63, 3.8) is 0 Å². The van der Waals surface area contributed by atoms with E-state index in [0.29, 0.717) is 25.9 Å². The number of nitrogens with zero attached hydrogens (tertiary/aromatic N) is 4. The Bertz CT molecular complexity index is 931. The Morgan fingerprint density at radius 3 is 2.25 bits per heavy atom. The normalized spacial score (nSPS) is 18.6. The maximum Gasteiger partial charge on any atom is 0.329 e. The number of hydrogen-bond acceptors (Lipinski definition) is 3. The molecule has 7 nitrogen and oxygen atoms in total. The van der Waals surface area contributed by atoms with Crippen LogP contribution in [-0.4, -0.2) is 56.9 Å². The highest BCUT2D eigenvalue weighted by Gasteiger charge is 2.31. The van der Waals surface area contributed by atoms with Crippen molar-refractivity contribution in [2.45, 2.75) is 38.6 Å². The first-order chi connectivity index (χ1) is 13.6. The van der Waals surface area contributed by atoms with Gasteiger partial charge in [-0.2, -0.15) is 0 Å². The third-order valence-electron chi connectivity index (χ3n) is 6.21. The third-order valence-corrected chi connectivity index (χ3v) is 6.21.